The first kappa shape index (κ1) is 26.6. The molecule has 0 saturated heterocycles. The molecule has 0 aromatic heterocycles. The van der Waals surface area contributed by atoms with E-state index >= 15 is 0 Å². The zero-order valence-corrected chi connectivity index (χ0v) is 20.3. The second-order valence-electron chi connectivity index (χ2n) is 7.14. The monoisotopic (exact) mass is 485 g/mol. The van der Waals surface area contributed by atoms with Gasteiger partial charge in [0.25, 0.3) is 5.91 Å². The van der Waals surface area contributed by atoms with E-state index in [1.54, 1.807) is 63.2 Å². The Labute approximate surface area is 199 Å². The third-order valence-corrected chi connectivity index (χ3v) is 7.09. The van der Waals surface area contributed by atoms with Crippen LogP contribution in [0.25, 0.3) is 6.08 Å². The van der Waals surface area contributed by atoms with E-state index in [-0.39, 0.29) is 16.2 Å². The number of aryl methyl sites for hydroxylation is 1. The van der Waals surface area contributed by atoms with E-state index in [4.69, 9.17) is 9.47 Å². The molecule has 34 heavy (non-hydrogen) atoms. The third-order valence-electron chi connectivity index (χ3n) is 4.90. The van der Waals surface area contributed by atoms with Crippen LogP contribution in [0.5, 0.6) is 5.75 Å². The number of methoxy groups -OCH3 is 1. The van der Waals surface area contributed by atoms with Crippen molar-refractivity contribution < 1.29 is 27.5 Å². The Hall–Kier alpha value is -3.68. The van der Waals surface area contributed by atoms with E-state index in [0.717, 1.165) is 0 Å². The molecule has 0 aliphatic heterocycles. The van der Waals surface area contributed by atoms with Crippen molar-refractivity contribution in [3.05, 3.63) is 59.2 Å². The van der Waals surface area contributed by atoms with Gasteiger partial charge in [-0.3, -0.25) is 4.79 Å². The summed E-state index contributed by atoms with van der Waals surface area (Å²) in [6.45, 7) is 5.14. The lowest BCUT2D eigenvalue weighted by Gasteiger charge is -2.20. The fourth-order valence-corrected chi connectivity index (χ4v) is 4.78. The summed E-state index contributed by atoms with van der Waals surface area (Å²) in [5, 5.41) is 11.8. The molecule has 2 aromatic carbocycles. The third kappa shape index (κ3) is 6.66. The van der Waals surface area contributed by atoms with Gasteiger partial charge in [0, 0.05) is 18.8 Å². The molecule has 1 N–H and O–H groups in total. The zero-order valence-electron chi connectivity index (χ0n) is 19.5. The Kier molecular flexibility index (Phi) is 9.36. The number of benzene rings is 2. The Balaban J connectivity index is 2.07. The average Bonchev–Trinajstić information content (AvgIpc) is 2.83. The summed E-state index contributed by atoms with van der Waals surface area (Å²) in [5.41, 5.74) is 1.09. The lowest BCUT2D eigenvalue weighted by atomic mass is 10.1. The van der Waals surface area contributed by atoms with E-state index in [2.05, 4.69) is 5.32 Å². The minimum absolute atomic E-state index is 0.0835. The minimum Gasteiger partial charge on any atom is -0.497 e. The summed E-state index contributed by atoms with van der Waals surface area (Å²) in [6.07, 6.45) is 1.34. The standard InChI is InChI=1S/C24H27N3O6S/c1-5-27(6-2)34(30,31)22-14-20(10-7-17(22)3)26-23(28)16-33-24(29)19(15-25)13-18-8-11-21(32-4)12-9-18/h7-14H,5-6,16H2,1-4H3,(H,26,28)/b19-13-. The molecule has 180 valence electrons. The summed E-state index contributed by atoms with van der Waals surface area (Å²) in [7, 11) is -2.20. The van der Waals surface area contributed by atoms with Crippen LogP contribution in [0.3, 0.4) is 0 Å². The SMILES string of the molecule is CCN(CC)S(=O)(=O)c1cc(NC(=O)COC(=O)/C(C#N)=C\c2ccc(OC)cc2)ccc1C. The van der Waals surface area contributed by atoms with Crippen LogP contribution in [-0.2, 0) is 24.3 Å². The molecule has 2 aromatic rings. The molecular weight excluding hydrogens is 458 g/mol. The molecule has 0 atom stereocenters. The molecule has 0 heterocycles. The first-order valence-electron chi connectivity index (χ1n) is 10.5. The highest BCUT2D eigenvalue weighted by Crippen LogP contribution is 2.23. The molecule has 0 saturated carbocycles. The van der Waals surface area contributed by atoms with E-state index in [9.17, 15) is 23.3 Å². The maximum Gasteiger partial charge on any atom is 0.349 e. The Bertz CT molecular complexity index is 1210. The minimum atomic E-state index is -3.72. The number of anilines is 1. The molecule has 0 unspecified atom stereocenters. The molecule has 0 aliphatic carbocycles. The number of nitriles is 1. The predicted molar refractivity (Wildman–Crippen MR) is 127 cm³/mol. The van der Waals surface area contributed by atoms with Crippen LogP contribution in [0.4, 0.5) is 5.69 Å². The van der Waals surface area contributed by atoms with Gasteiger partial charge in [-0.2, -0.15) is 9.57 Å². The Morgan fingerprint density at radius 2 is 1.76 bits per heavy atom. The number of esters is 1. The Morgan fingerprint density at radius 1 is 1.12 bits per heavy atom. The number of ether oxygens (including phenoxy) is 2. The highest BCUT2D eigenvalue weighted by Gasteiger charge is 2.24. The number of amides is 1. The van der Waals surface area contributed by atoms with Gasteiger partial charge in [-0.1, -0.05) is 32.0 Å². The largest absolute Gasteiger partial charge is 0.497 e. The van der Waals surface area contributed by atoms with Crippen molar-refractivity contribution in [3.8, 4) is 11.8 Å². The second kappa shape index (κ2) is 12.0. The van der Waals surface area contributed by atoms with Crippen molar-refractivity contribution in [2.24, 2.45) is 0 Å². The molecule has 2 rings (SSSR count). The van der Waals surface area contributed by atoms with Crippen molar-refractivity contribution in [2.75, 3.05) is 32.1 Å². The van der Waals surface area contributed by atoms with Gasteiger partial charge in [0.2, 0.25) is 10.0 Å². The van der Waals surface area contributed by atoms with E-state index < -0.39 is 28.5 Å². The van der Waals surface area contributed by atoms with Crippen LogP contribution < -0.4 is 10.1 Å². The van der Waals surface area contributed by atoms with Crippen molar-refractivity contribution in [2.45, 2.75) is 25.7 Å². The van der Waals surface area contributed by atoms with Crippen LogP contribution in [0.2, 0.25) is 0 Å². The number of hydrogen-bond acceptors (Lipinski definition) is 7. The molecule has 0 aliphatic rings. The van der Waals surface area contributed by atoms with Crippen LogP contribution in [-0.4, -0.2) is 51.4 Å². The summed E-state index contributed by atoms with van der Waals surface area (Å²) in [6, 6.07) is 12.9. The Morgan fingerprint density at radius 3 is 2.32 bits per heavy atom. The van der Waals surface area contributed by atoms with Gasteiger partial charge in [-0.25, -0.2) is 13.2 Å². The first-order valence-corrected chi connectivity index (χ1v) is 11.9. The zero-order chi connectivity index (χ0) is 25.3. The van der Waals surface area contributed by atoms with Gasteiger partial charge in [-0.15, -0.1) is 0 Å². The first-order chi connectivity index (χ1) is 16.2. The quantitative estimate of drug-likeness (QED) is 0.311. The molecule has 9 nitrogen and oxygen atoms in total. The van der Waals surface area contributed by atoms with Crippen LogP contribution in [0.1, 0.15) is 25.0 Å². The van der Waals surface area contributed by atoms with Gasteiger partial charge in [0.05, 0.1) is 12.0 Å². The van der Waals surface area contributed by atoms with Crippen LogP contribution >= 0.6 is 0 Å². The number of nitrogens with zero attached hydrogens (tertiary/aromatic N) is 2. The summed E-state index contributed by atoms with van der Waals surface area (Å²) in [4.78, 5) is 24.6. The van der Waals surface area contributed by atoms with E-state index in [1.165, 1.54) is 23.6 Å². The van der Waals surface area contributed by atoms with Crippen molar-refractivity contribution in [3.63, 3.8) is 0 Å². The molecule has 0 spiro atoms. The number of carbonyl (C=O) groups is 2. The fraction of sp³-hybridized carbons (Fsp3) is 0.292. The van der Waals surface area contributed by atoms with Gasteiger partial charge in [-0.05, 0) is 48.4 Å². The molecular formula is C24H27N3O6S. The smallest absolute Gasteiger partial charge is 0.349 e. The van der Waals surface area contributed by atoms with Crippen LogP contribution in [0, 0.1) is 18.3 Å². The lowest BCUT2D eigenvalue weighted by molar-refractivity contribution is -0.142. The summed E-state index contributed by atoms with van der Waals surface area (Å²) >= 11 is 0. The molecule has 10 heteroatoms. The van der Waals surface area contributed by atoms with E-state index in [1.807, 2.05) is 0 Å². The lowest BCUT2D eigenvalue weighted by Crippen LogP contribution is -2.31. The number of hydrogen-bond donors (Lipinski definition) is 1. The number of sulfonamides is 1. The van der Waals surface area contributed by atoms with E-state index in [0.29, 0.717) is 30.0 Å². The number of rotatable bonds is 10. The van der Waals surface area contributed by atoms with Gasteiger partial charge in [0.1, 0.15) is 17.4 Å². The maximum absolute atomic E-state index is 12.9. The van der Waals surface area contributed by atoms with Crippen molar-refractivity contribution >= 4 is 33.7 Å². The van der Waals surface area contributed by atoms with Crippen LogP contribution in [0.15, 0.2) is 52.9 Å². The topological polar surface area (TPSA) is 126 Å². The number of carbonyl (C=O) groups excluding carboxylic acids is 2. The van der Waals surface area contributed by atoms with Crippen molar-refractivity contribution in [1.29, 1.82) is 5.26 Å². The highest BCUT2D eigenvalue weighted by atomic mass is 32.2. The van der Waals surface area contributed by atoms with Gasteiger partial charge >= 0.3 is 5.97 Å². The van der Waals surface area contributed by atoms with Gasteiger partial charge < -0.3 is 14.8 Å². The summed E-state index contributed by atoms with van der Waals surface area (Å²) in [5.74, 6) is -1.01. The van der Waals surface area contributed by atoms with Gasteiger partial charge in [0.15, 0.2) is 6.61 Å². The normalized spacial score (nSPS) is 11.6. The fourth-order valence-electron chi connectivity index (χ4n) is 3.07. The molecule has 1 amide bonds. The molecule has 0 bridgehead atoms. The van der Waals surface area contributed by atoms with Crippen molar-refractivity contribution in [1.82, 2.24) is 4.31 Å². The molecule has 0 fully saturated rings. The number of nitrogens with one attached hydrogen (secondary N) is 1. The second-order valence-corrected chi connectivity index (χ2v) is 9.04. The molecule has 0 radical (unpaired) electrons. The average molecular weight is 486 g/mol. The summed E-state index contributed by atoms with van der Waals surface area (Å²) < 4.78 is 37.1. The predicted octanol–water partition coefficient (Wildman–Crippen LogP) is 3.12. The maximum atomic E-state index is 12.9. The highest BCUT2D eigenvalue weighted by molar-refractivity contribution is 7.89.